The average molecular weight is 228 g/mol. The molecule has 0 amide bonds. The predicted octanol–water partition coefficient (Wildman–Crippen LogP) is 1.52. The lowest BCUT2D eigenvalue weighted by atomic mass is 9.83. The highest BCUT2D eigenvalue weighted by atomic mass is 16.6. The fourth-order valence-corrected chi connectivity index (χ4v) is 2.42. The number of hydrogen-bond acceptors (Lipinski definition) is 4. The minimum atomic E-state index is -0.161. The molecule has 0 aromatic carbocycles. The van der Waals surface area contributed by atoms with Crippen LogP contribution < -0.4 is 0 Å². The van der Waals surface area contributed by atoms with Gasteiger partial charge in [-0.15, -0.1) is 0 Å². The fourth-order valence-electron chi connectivity index (χ4n) is 2.42. The third-order valence-corrected chi connectivity index (χ3v) is 3.58. The smallest absolute Gasteiger partial charge is 0.309 e. The minimum absolute atomic E-state index is 0.0138. The molecule has 4 atom stereocenters. The van der Waals surface area contributed by atoms with Crippen LogP contribution in [0.25, 0.3) is 0 Å². The van der Waals surface area contributed by atoms with Gasteiger partial charge in [0.15, 0.2) is 0 Å². The number of hydrogen-bond donors (Lipinski definition) is 0. The van der Waals surface area contributed by atoms with Crippen LogP contribution in [-0.4, -0.2) is 37.5 Å². The predicted molar refractivity (Wildman–Crippen MR) is 58.0 cm³/mol. The van der Waals surface area contributed by atoms with Gasteiger partial charge in [0, 0.05) is 7.11 Å². The average Bonchev–Trinajstić information content (AvgIpc) is 2.88. The molecule has 0 aromatic heterocycles. The number of esters is 1. The van der Waals surface area contributed by atoms with E-state index in [1.807, 2.05) is 6.92 Å². The number of rotatable bonds is 4. The van der Waals surface area contributed by atoms with E-state index in [2.05, 4.69) is 6.92 Å². The summed E-state index contributed by atoms with van der Waals surface area (Å²) in [4.78, 5) is 11.8. The standard InChI is InChI=1S/C12H20O4/c1-8(7-14-3)15-11(13)9-4-5-12(2)10(6-9)16-12/h8-10H,4-7H2,1-3H3. The van der Waals surface area contributed by atoms with Crippen LogP contribution in [0, 0.1) is 5.92 Å². The van der Waals surface area contributed by atoms with Gasteiger partial charge in [0.25, 0.3) is 0 Å². The van der Waals surface area contributed by atoms with E-state index in [4.69, 9.17) is 14.2 Å². The number of carbonyl (C=O) groups excluding carboxylic acids is 1. The maximum atomic E-state index is 11.8. The van der Waals surface area contributed by atoms with Crippen molar-refractivity contribution >= 4 is 5.97 Å². The van der Waals surface area contributed by atoms with Crippen molar-refractivity contribution < 1.29 is 19.0 Å². The van der Waals surface area contributed by atoms with Gasteiger partial charge in [-0.05, 0) is 33.1 Å². The summed E-state index contributed by atoms with van der Waals surface area (Å²) in [5.74, 6) is -0.0815. The van der Waals surface area contributed by atoms with Gasteiger partial charge in [-0.25, -0.2) is 0 Å². The van der Waals surface area contributed by atoms with Gasteiger partial charge in [0.05, 0.1) is 24.2 Å². The molecule has 0 bridgehead atoms. The van der Waals surface area contributed by atoms with Crippen LogP contribution >= 0.6 is 0 Å². The summed E-state index contributed by atoms with van der Waals surface area (Å²) in [5, 5.41) is 0. The fraction of sp³-hybridized carbons (Fsp3) is 0.917. The molecule has 1 aliphatic carbocycles. The molecular weight excluding hydrogens is 208 g/mol. The largest absolute Gasteiger partial charge is 0.460 e. The lowest BCUT2D eigenvalue weighted by Gasteiger charge is -2.22. The second-order valence-electron chi connectivity index (χ2n) is 5.09. The van der Waals surface area contributed by atoms with Gasteiger partial charge in [-0.1, -0.05) is 0 Å². The van der Waals surface area contributed by atoms with Gasteiger partial charge in [0.2, 0.25) is 0 Å². The second-order valence-corrected chi connectivity index (χ2v) is 5.09. The zero-order valence-corrected chi connectivity index (χ0v) is 10.2. The summed E-state index contributed by atoms with van der Waals surface area (Å²) >= 11 is 0. The molecule has 1 aliphatic heterocycles. The number of carbonyl (C=O) groups is 1. The van der Waals surface area contributed by atoms with Crippen molar-refractivity contribution in [2.24, 2.45) is 5.92 Å². The molecule has 2 rings (SSSR count). The van der Waals surface area contributed by atoms with Crippen molar-refractivity contribution in [1.29, 1.82) is 0 Å². The monoisotopic (exact) mass is 228 g/mol. The molecular formula is C12H20O4. The molecule has 0 radical (unpaired) electrons. The Bertz CT molecular complexity index is 278. The number of epoxide rings is 1. The van der Waals surface area contributed by atoms with Crippen LogP contribution in [0.15, 0.2) is 0 Å². The van der Waals surface area contributed by atoms with E-state index in [-0.39, 0.29) is 29.7 Å². The summed E-state index contributed by atoms with van der Waals surface area (Å²) in [7, 11) is 1.61. The minimum Gasteiger partial charge on any atom is -0.460 e. The van der Waals surface area contributed by atoms with E-state index in [0.29, 0.717) is 6.61 Å². The first-order valence-corrected chi connectivity index (χ1v) is 5.92. The normalized spacial score (nSPS) is 38.7. The number of methoxy groups -OCH3 is 1. The lowest BCUT2D eigenvalue weighted by molar-refractivity contribution is -0.156. The van der Waals surface area contributed by atoms with E-state index >= 15 is 0 Å². The molecule has 4 heteroatoms. The van der Waals surface area contributed by atoms with Gasteiger partial charge in [-0.3, -0.25) is 4.79 Å². The molecule has 1 heterocycles. The van der Waals surface area contributed by atoms with Gasteiger partial charge >= 0.3 is 5.97 Å². The summed E-state index contributed by atoms with van der Waals surface area (Å²) in [6.07, 6.45) is 2.78. The lowest BCUT2D eigenvalue weighted by Crippen LogP contribution is -2.30. The molecule has 4 nitrogen and oxygen atoms in total. The zero-order valence-electron chi connectivity index (χ0n) is 10.2. The number of ether oxygens (including phenoxy) is 3. The Hall–Kier alpha value is -0.610. The Morgan fingerprint density at radius 3 is 3.00 bits per heavy atom. The van der Waals surface area contributed by atoms with Crippen LogP contribution in [0.5, 0.6) is 0 Å². The molecule has 2 aliphatic rings. The van der Waals surface area contributed by atoms with Crippen LogP contribution in [0.2, 0.25) is 0 Å². The van der Waals surface area contributed by atoms with Crippen LogP contribution in [0.4, 0.5) is 0 Å². The third kappa shape index (κ3) is 2.38. The second kappa shape index (κ2) is 4.34. The zero-order chi connectivity index (χ0) is 11.8. The topological polar surface area (TPSA) is 48.1 Å². The highest BCUT2D eigenvalue weighted by molar-refractivity contribution is 5.73. The molecule has 1 saturated heterocycles. The maximum absolute atomic E-state index is 11.8. The van der Waals surface area contributed by atoms with Crippen molar-refractivity contribution in [2.75, 3.05) is 13.7 Å². The van der Waals surface area contributed by atoms with E-state index < -0.39 is 0 Å². The Labute approximate surface area is 96.2 Å². The molecule has 1 saturated carbocycles. The first kappa shape index (κ1) is 11.9. The van der Waals surface area contributed by atoms with Gasteiger partial charge in [0.1, 0.15) is 6.10 Å². The van der Waals surface area contributed by atoms with Gasteiger partial charge < -0.3 is 14.2 Å². The van der Waals surface area contributed by atoms with E-state index in [9.17, 15) is 4.79 Å². The third-order valence-electron chi connectivity index (χ3n) is 3.58. The Morgan fingerprint density at radius 1 is 1.62 bits per heavy atom. The summed E-state index contributed by atoms with van der Waals surface area (Å²) < 4.78 is 15.8. The highest BCUT2D eigenvalue weighted by Gasteiger charge is 2.56. The summed E-state index contributed by atoms with van der Waals surface area (Å²) in [6, 6.07) is 0. The quantitative estimate of drug-likeness (QED) is 0.540. The SMILES string of the molecule is COCC(C)OC(=O)C1CCC2(C)OC2C1. The Kier molecular flexibility index (Phi) is 3.22. The van der Waals surface area contributed by atoms with Crippen molar-refractivity contribution in [1.82, 2.24) is 0 Å². The van der Waals surface area contributed by atoms with Crippen LogP contribution in [-0.2, 0) is 19.0 Å². The number of fused-ring (bicyclic) bond motifs is 1. The Balaban J connectivity index is 1.78. The molecule has 16 heavy (non-hydrogen) atoms. The van der Waals surface area contributed by atoms with Gasteiger partial charge in [-0.2, -0.15) is 0 Å². The van der Waals surface area contributed by atoms with Crippen molar-refractivity contribution in [3.8, 4) is 0 Å². The summed E-state index contributed by atoms with van der Waals surface area (Å²) in [6.45, 7) is 4.42. The molecule has 0 aromatic rings. The molecule has 0 spiro atoms. The maximum Gasteiger partial charge on any atom is 0.309 e. The van der Waals surface area contributed by atoms with E-state index in [1.165, 1.54) is 0 Å². The van der Waals surface area contributed by atoms with Crippen molar-refractivity contribution in [3.05, 3.63) is 0 Å². The van der Waals surface area contributed by atoms with Crippen molar-refractivity contribution in [2.45, 2.75) is 50.9 Å². The highest BCUT2D eigenvalue weighted by Crippen LogP contribution is 2.49. The van der Waals surface area contributed by atoms with E-state index in [0.717, 1.165) is 19.3 Å². The first-order chi connectivity index (χ1) is 7.55. The first-order valence-electron chi connectivity index (χ1n) is 5.92. The Morgan fingerprint density at radius 2 is 2.38 bits per heavy atom. The van der Waals surface area contributed by atoms with E-state index in [1.54, 1.807) is 7.11 Å². The van der Waals surface area contributed by atoms with Crippen LogP contribution in [0.1, 0.15) is 33.1 Å². The molecule has 2 fully saturated rings. The molecule has 0 N–H and O–H groups in total. The summed E-state index contributed by atoms with van der Waals surface area (Å²) in [5.41, 5.74) is 0.0644. The van der Waals surface area contributed by atoms with Crippen LogP contribution in [0.3, 0.4) is 0 Å². The van der Waals surface area contributed by atoms with Crippen molar-refractivity contribution in [3.63, 3.8) is 0 Å². The molecule has 92 valence electrons. The molecule has 4 unspecified atom stereocenters.